The Bertz CT molecular complexity index is 967. The maximum absolute atomic E-state index is 12.7. The van der Waals surface area contributed by atoms with Crippen LogP contribution in [0.5, 0.6) is 0 Å². The molecule has 152 valence electrons. The van der Waals surface area contributed by atoms with Gasteiger partial charge in [0.15, 0.2) is 0 Å². The molecule has 1 saturated heterocycles. The Labute approximate surface area is 176 Å². The minimum absolute atomic E-state index is 0.0851. The fourth-order valence-electron chi connectivity index (χ4n) is 4.31. The Hall–Kier alpha value is -2.23. The molecule has 1 fully saturated rings. The smallest absolute Gasteiger partial charge is 0.235 e. The van der Waals surface area contributed by atoms with E-state index in [1.807, 2.05) is 18.4 Å². The molecular formula is C23H27N3O2S. The summed E-state index contributed by atoms with van der Waals surface area (Å²) in [5.41, 5.74) is 5.34. The van der Waals surface area contributed by atoms with Gasteiger partial charge in [-0.3, -0.25) is 4.79 Å². The number of carbonyl (C=O) groups is 1. The fraction of sp³-hybridized carbons (Fsp3) is 0.478. The van der Waals surface area contributed by atoms with Crippen LogP contribution in [0.15, 0.2) is 23.1 Å². The molecule has 5 nitrogen and oxygen atoms in total. The number of ether oxygens (including phenoxy) is 1. The quantitative estimate of drug-likeness (QED) is 0.719. The van der Waals surface area contributed by atoms with Crippen LogP contribution in [0, 0.1) is 25.2 Å². The Morgan fingerprint density at radius 2 is 2.14 bits per heavy atom. The minimum Gasteiger partial charge on any atom is -0.376 e. The fourth-order valence-corrected chi connectivity index (χ4v) is 5.07. The van der Waals surface area contributed by atoms with Gasteiger partial charge in [-0.05, 0) is 74.8 Å². The number of hydrogen-bond acceptors (Lipinski definition) is 4. The molecule has 2 heterocycles. The number of amides is 1. The van der Waals surface area contributed by atoms with Crippen LogP contribution in [0.2, 0.25) is 0 Å². The zero-order valence-corrected chi connectivity index (χ0v) is 17.9. The van der Waals surface area contributed by atoms with Gasteiger partial charge in [0.2, 0.25) is 5.91 Å². The second-order valence-corrected chi connectivity index (χ2v) is 8.96. The number of carbonyl (C=O) groups excluding carboxylic acids is 1. The minimum atomic E-state index is -0.0851. The molecule has 1 N–H and O–H groups in total. The molecule has 29 heavy (non-hydrogen) atoms. The third kappa shape index (κ3) is 4.22. The van der Waals surface area contributed by atoms with E-state index in [0.29, 0.717) is 23.7 Å². The number of fused-ring (bicyclic) bond motifs is 1. The third-order valence-corrected chi connectivity index (χ3v) is 7.04. The highest BCUT2D eigenvalue weighted by Crippen LogP contribution is 2.30. The highest BCUT2D eigenvalue weighted by Gasteiger charge is 2.24. The van der Waals surface area contributed by atoms with E-state index in [1.54, 1.807) is 11.8 Å². The first-order valence-electron chi connectivity index (χ1n) is 10.3. The van der Waals surface area contributed by atoms with Gasteiger partial charge in [0.05, 0.1) is 24.0 Å². The van der Waals surface area contributed by atoms with Crippen molar-refractivity contribution in [1.29, 1.82) is 5.26 Å². The number of nitrogens with zero attached hydrogens (tertiary/aromatic N) is 2. The molecule has 6 heteroatoms. The van der Waals surface area contributed by atoms with Crippen molar-refractivity contribution < 1.29 is 9.53 Å². The Morgan fingerprint density at radius 3 is 2.90 bits per heavy atom. The number of aryl methyl sites for hydroxylation is 2. The van der Waals surface area contributed by atoms with Crippen molar-refractivity contribution >= 4 is 23.5 Å². The van der Waals surface area contributed by atoms with Gasteiger partial charge in [-0.2, -0.15) is 5.26 Å². The number of anilines is 1. The third-order valence-electron chi connectivity index (χ3n) is 6.05. The molecule has 0 spiro atoms. The first kappa shape index (κ1) is 20.1. The van der Waals surface area contributed by atoms with E-state index in [2.05, 4.69) is 29.6 Å². The van der Waals surface area contributed by atoms with E-state index in [9.17, 15) is 10.1 Å². The Morgan fingerprint density at radius 1 is 1.31 bits per heavy atom. The van der Waals surface area contributed by atoms with E-state index in [4.69, 9.17) is 4.74 Å². The lowest BCUT2D eigenvalue weighted by molar-refractivity contribution is -0.113. The normalized spacial score (nSPS) is 17.9. The molecule has 4 rings (SSSR count). The topological polar surface area (TPSA) is 67.0 Å². The molecule has 1 aromatic carbocycles. The van der Waals surface area contributed by atoms with E-state index >= 15 is 0 Å². The highest BCUT2D eigenvalue weighted by molar-refractivity contribution is 8.00. The predicted molar refractivity (Wildman–Crippen MR) is 115 cm³/mol. The maximum Gasteiger partial charge on any atom is 0.235 e. The van der Waals surface area contributed by atoms with Crippen molar-refractivity contribution in [1.82, 2.24) is 4.57 Å². The number of thioether (sulfide) groups is 1. The first-order chi connectivity index (χ1) is 14.1. The summed E-state index contributed by atoms with van der Waals surface area (Å²) in [6, 6.07) is 8.79. The number of aromatic nitrogens is 1. The van der Waals surface area contributed by atoms with Gasteiger partial charge in [-0.25, -0.2) is 0 Å². The highest BCUT2D eigenvalue weighted by atomic mass is 32.2. The Balaban J connectivity index is 1.46. The molecule has 0 bridgehead atoms. The molecule has 1 aliphatic carbocycles. The van der Waals surface area contributed by atoms with Crippen LogP contribution in [0.25, 0.3) is 0 Å². The van der Waals surface area contributed by atoms with Crippen LogP contribution in [-0.2, 0) is 28.9 Å². The summed E-state index contributed by atoms with van der Waals surface area (Å²) in [6.45, 7) is 5.39. The van der Waals surface area contributed by atoms with E-state index in [-0.39, 0.29) is 12.0 Å². The average Bonchev–Trinajstić information content (AvgIpc) is 3.44. The molecule has 0 unspecified atom stereocenters. The van der Waals surface area contributed by atoms with Gasteiger partial charge < -0.3 is 14.6 Å². The van der Waals surface area contributed by atoms with Crippen molar-refractivity contribution in [2.45, 2.75) is 63.5 Å². The van der Waals surface area contributed by atoms with Crippen molar-refractivity contribution in [3.8, 4) is 6.07 Å². The summed E-state index contributed by atoms with van der Waals surface area (Å²) in [6.07, 6.45) is 5.74. The zero-order valence-electron chi connectivity index (χ0n) is 17.1. The van der Waals surface area contributed by atoms with Crippen molar-refractivity contribution in [2.75, 3.05) is 17.7 Å². The number of hydrogen-bond donors (Lipinski definition) is 1. The van der Waals surface area contributed by atoms with E-state index in [1.165, 1.54) is 17.5 Å². The average molecular weight is 410 g/mol. The van der Waals surface area contributed by atoms with Gasteiger partial charge in [0, 0.05) is 17.2 Å². The zero-order chi connectivity index (χ0) is 20.4. The number of rotatable bonds is 6. The summed E-state index contributed by atoms with van der Waals surface area (Å²) in [5.74, 6) is 0.850. The molecule has 1 atom stereocenters. The summed E-state index contributed by atoms with van der Waals surface area (Å²) in [7, 11) is 0. The monoisotopic (exact) mass is 409 g/mol. The van der Waals surface area contributed by atoms with Gasteiger partial charge in [-0.15, -0.1) is 11.8 Å². The standard InChI is InChI=1S/C23H27N3O2S/c1-15-16(2)26(13-19-7-4-10-28-19)23(21(15)12-24)25-22(27)14-29-20-9-8-17-5-3-6-18(17)11-20/h8-9,11,19H,3-7,10,13-14H2,1-2H3,(H,25,27)/t19-/m0/s1. The lowest BCUT2D eigenvalue weighted by Gasteiger charge is -2.17. The summed E-state index contributed by atoms with van der Waals surface area (Å²) < 4.78 is 7.82. The number of benzene rings is 1. The van der Waals surface area contributed by atoms with Crippen LogP contribution in [-0.4, -0.2) is 28.9 Å². The lowest BCUT2D eigenvalue weighted by Crippen LogP contribution is -2.22. The largest absolute Gasteiger partial charge is 0.376 e. The van der Waals surface area contributed by atoms with Crippen molar-refractivity contribution in [3.63, 3.8) is 0 Å². The summed E-state index contributed by atoms with van der Waals surface area (Å²) in [5, 5.41) is 12.7. The Kier molecular flexibility index (Phi) is 5.98. The van der Waals surface area contributed by atoms with Crippen LogP contribution in [0.3, 0.4) is 0 Å². The SMILES string of the molecule is Cc1c(C#N)c(NC(=O)CSc2ccc3c(c2)CCC3)n(C[C@@H]2CCCO2)c1C. The molecule has 0 saturated carbocycles. The van der Waals surface area contributed by atoms with Crippen LogP contribution < -0.4 is 5.32 Å². The molecule has 1 aliphatic heterocycles. The van der Waals surface area contributed by atoms with E-state index < -0.39 is 0 Å². The molecule has 1 amide bonds. The second-order valence-electron chi connectivity index (χ2n) is 7.91. The summed E-state index contributed by atoms with van der Waals surface area (Å²) in [4.78, 5) is 13.8. The van der Waals surface area contributed by atoms with E-state index in [0.717, 1.165) is 48.4 Å². The predicted octanol–water partition coefficient (Wildman–Crippen LogP) is 4.38. The number of nitrogens with one attached hydrogen (secondary N) is 1. The van der Waals surface area contributed by atoms with Gasteiger partial charge in [0.25, 0.3) is 0 Å². The molecule has 2 aliphatic rings. The van der Waals surface area contributed by atoms with Crippen molar-refractivity contribution in [2.24, 2.45) is 0 Å². The van der Waals surface area contributed by atoms with Gasteiger partial charge in [-0.1, -0.05) is 6.07 Å². The lowest BCUT2D eigenvalue weighted by atomic mass is 10.1. The first-order valence-corrected chi connectivity index (χ1v) is 11.3. The molecule has 2 aromatic rings. The van der Waals surface area contributed by atoms with Crippen molar-refractivity contribution in [3.05, 3.63) is 46.1 Å². The van der Waals surface area contributed by atoms with Gasteiger partial charge in [0.1, 0.15) is 11.9 Å². The van der Waals surface area contributed by atoms with Gasteiger partial charge >= 0.3 is 0 Å². The number of nitriles is 1. The maximum atomic E-state index is 12.7. The summed E-state index contributed by atoms with van der Waals surface area (Å²) >= 11 is 1.55. The van der Waals surface area contributed by atoms with Crippen LogP contribution >= 0.6 is 11.8 Å². The molecule has 0 radical (unpaired) electrons. The van der Waals surface area contributed by atoms with Crippen LogP contribution in [0.4, 0.5) is 5.82 Å². The molecular weight excluding hydrogens is 382 g/mol. The second kappa shape index (κ2) is 8.64. The van der Waals surface area contributed by atoms with Crippen LogP contribution in [0.1, 0.15) is 47.2 Å². The molecule has 1 aromatic heterocycles.